The molecular formula is C19H27ClN6O2. The first kappa shape index (κ1) is 20.6. The predicted molar refractivity (Wildman–Crippen MR) is 111 cm³/mol. The summed E-state index contributed by atoms with van der Waals surface area (Å²) in [5.41, 5.74) is 1.06. The molecule has 8 nitrogen and oxygen atoms in total. The molecule has 0 aliphatic carbocycles. The smallest absolute Gasteiger partial charge is 0.229 e. The second kappa shape index (κ2) is 10.4. The van der Waals surface area contributed by atoms with E-state index in [1.54, 1.807) is 0 Å². The molecule has 2 aromatic rings. The van der Waals surface area contributed by atoms with Crippen molar-refractivity contribution >= 4 is 29.4 Å². The Morgan fingerprint density at radius 3 is 2.50 bits per heavy atom. The standard InChI is InChI=1S/C19H27ClN6O2/c1-2-15(12-27)23-19-25-17(21-10-13-5-7-14(20)8-6-13)24-18(26-19)22-11-16-4-3-9-28-16/h5-8,15-16,27H,2-4,9-12H2,1H3,(H3,21,22,23,24,25,26)/t15-,16?/m1/s1. The summed E-state index contributed by atoms with van der Waals surface area (Å²) in [5.74, 6) is 1.35. The molecule has 152 valence electrons. The van der Waals surface area contributed by atoms with Crippen LogP contribution in [0.3, 0.4) is 0 Å². The molecule has 2 atom stereocenters. The van der Waals surface area contributed by atoms with E-state index in [1.165, 1.54) is 0 Å². The van der Waals surface area contributed by atoms with Crippen LogP contribution in [0.4, 0.5) is 17.8 Å². The van der Waals surface area contributed by atoms with Gasteiger partial charge < -0.3 is 25.8 Å². The first-order chi connectivity index (χ1) is 13.7. The number of halogens is 1. The molecule has 3 rings (SSSR count). The van der Waals surface area contributed by atoms with Crippen LogP contribution < -0.4 is 16.0 Å². The molecule has 1 aromatic heterocycles. The number of benzene rings is 1. The molecule has 1 fully saturated rings. The van der Waals surface area contributed by atoms with Crippen LogP contribution in [-0.4, -0.2) is 52.0 Å². The van der Waals surface area contributed by atoms with E-state index < -0.39 is 0 Å². The van der Waals surface area contributed by atoms with Crippen molar-refractivity contribution in [2.75, 3.05) is 35.7 Å². The fraction of sp³-hybridized carbons (Fsp3) is 0.526. The molecular weight excluding hydrogens is 380 g/mol. The highest BCUT2D eigenvalue weighted by molar-refractivity contribution is 6.30. The Morgan fingerprint density at radius 1 is 1.14 bits per heavy atom. The normalized spacial score (nSPS) is 17.3. The average Bonchev–Trinajstić information content (AvgIpc) is 3.24. The number of aliphatic hydroxyl groups is 1. The Bertz CT molecular complexity index is 736. The lowest BCUT2D eigenvalue weighted by Gasteiger charge is -2.16. The fourth-order valence-corrected chi connectivity index (χ4v) is 2.98. The molecule has 1 unspecified atom stereocenters. The molecule has 1 aliphatic rings. The predicted octanol–water partition coefficient (Wildman–Crippen LogP) is 2.91. The van der Waals surface area contributed by atoms with Crippen LogP contribution in [0.2, 0.25) is 5.02 Å². The first-order valence-electron chi connectivity index (χ1n) is 9.63. The number of aliphatic hydroxyl groups excluding tert-OH is 1. The average molecular weight is 407 g/mol. The number of rotatable bonds is 10. The second-order valence-electron chi connectivity index (χ2n) is 6.73. The van der Waals surface area contributed by atoms with Gasteiger partial charge in [0.2, 0.25) is 17.8 Å². The first-order valence-corrected chi connectivity index (χ1v) is 10.0. The lowest BCUT2D eigenvalue weighted by molar-refractivity contribution is 0.120. The molecule has 2 heterocycles. The molecule has 0 bridgehead atoms. The number of hydrogen-bond acceptors (Lipinski definition) is 8. The van der Waals surface area contributed by atoms with Crippen molar-refractivity contribution in [1.82, 2.24) is 15.0 Å². The van der Waals surface area contributed by atoms with E-state index in [4.69, 9.17) is 16.3 Å². The van der Waals surface area contributed by atoms with Crippen LogP contribution in [0, 0.1) is 0 Å². The van der Waals surface area contributed by atoms with Gasteiger partial charge in [-0.05, 0) is 37.0 Å². The fourth-order valence-electron chi connectivity index (χ4n) is 2.85. The third-order valence-corrected chi connectivity index (χ3v) is 4.81. The Kier molecular flexibility index (Phi) is 7.64. The summed E-state index contributed by atoms with van der Waals surface area (Å²) in [5, 5.41) is 19.8. The van der Waals surface area contributed by atoms with E-state index in [2.05, 4.69) is 30.9 Å². The van der Waals surface area contributed by atoms with Crippen molar-refractivity contribution in [2.24, 2.45) is 0 Å². The maximum atomic E-state index is 9.46. The largest absolute Gasteiger partial charge is 0.394 e. The van der Waals surface area contributed by atoms with Gasteiger partial charge in [0.05, 0.1) is 18.8 Å². The monoisotopic (exact) mass is 406 g/mol. The Morgan fingerprint density at radius 2 is 1.86 bits per heavy atom. The highest BCUT2D eigenvalue weighted by Gasteiger charge is 2.16. The summed E-state index contributed by atoms with van der Waals surface area (Å²) in [6.07, 6.45) is 3.06. The van der Waals surface area contributed by atoms with E-state index >= 15 is 0 Å². The number of hydrogen-bond donors (Lipinski definition) is 4. The van der Waals surface area contributed by atoms with Gasteiger partial charge in [-0.3, -0.25) is 0 Å². The summed E-state index contributed by atoms with van der Waals surface area (Å²) in [6.45, 7) is 4.01. The van der Waals surface area contributed by atoms with Crippen LogP contribution in [0.25, 0.3) is 0 Å². The van der Waals surface area contributed by atoms with Crippen LogP contribution >= 0.6 is 11.6 Å². The van der Waals surface area contributed by atoms with Crippen LogP contribution in [-0.2, 0) is 11.3 Å². The van der Waals surface area contributed by atoms with Crippen LogP contribution in [0.1, 0.15) is 31.7 Å². The molecule has 0 spiro atoms. The SMILES string of the molecule is CC[C@H](CO)Nc1nc(NCc2ccc(Cl)cc2)nc(NCC2CCCO2)n1. The quantitative estimate of drug-likeness (QED) is 0.477. The summed E-state index contributed by atoms with van der Waals surface area (Å²) in [4.78, 5) is 13.3. The molecule has 1 aromatic carbocycles. The Labute approximate surface area is 170 Å². The van der Waals surface area contributed by atoms with E-state index in [1.807, 2.05) is 31.2 Å². The lowest BCUT2D eigenvalue weighted by Crippen LogP contribution is -2.25. The summed E-state index contributed by atoms with van der Waals surface area (Å²) in [7, 11) is 0. The van der Waals surface area contributed by atoms with Crippen molar-refractivity contribution in [3.63, 3.8) is 0 Å². The molecule has 0 saturated carbocycles. The second-order valence-corrected chi connectivity index (χ2v) is 7.17. The highest BCUT2D eigenvalue weighted by atomic mass is 35.5. The molecule has 1 aliphatic heterocycles. The molecule has 9 heteroatoms. The minimum Gasteiger partial charge on any atom is -0.394 e. The van der Waals surface area contributed by atoms with Gasteiger partial charge in [-0.1, -0.05) is 30.7 Å². The van der Waals surface area contributed by atoms with Gasteiger partial charge in [0.25, 0.3) is 0 Å². The van der Waals surface area contributed by atoms with Gasteiger partial charge in [0, 0.05) is 24.7 Å². The third kappa shape index (κ3) is 6.19. The van der Waals surface area contributed by atoms with Gasteiger partial charge in [-0.25, -0.2) is 0 Å². The number of ether oxygens (including phenoxy) is 1. The summed E-state index contributed by atoms with van der Waals surface area (Å²) >= 11 is 5.93. The lowest BCUT2D eigenvalue weighted by atomic mass is 10.2. The van der Waals surface area contributed by atoms with Crippen molar-refractivity contribution in [2.45, 2.75) is 44.9 Å². The van der Waals surface area contributed by atoms with Crippen LogP contribution in [0.5, 0.6) is 0 Å². The Hall–Kier alpha value is -2.16. The molecule has 4 N–H and O–H groups in total. The minimum atomic E-state index is -0.113. The van der Waals surface area contributed by atoms with Gasteiger partial charge in [0.1, 0.15) is 0 Å². The van der Waals surface area contributed by atoms with Gasteiger partial charge in [0.15, 0.2) is 0 Å². The molecule has 0 radical (unpaired) electrons. The van der Waals surface area contributed by atoms with Gasteiger partial charge in [-0.15, -0.1) is 0 Å². The number of aromatic nitrogens is 3. The van der Waals surface area contributed by atoms with Crippen molar-refractivity contribution in [3.8, 4) is 0 Å². The zero-order valence-electron chi connectivity index (χ0n) is 16.0. The number of nitrogens with one attached hydrogen (secondary N) is 3. The van der Waals surface area contributed by atoms with E-state index in [0.29, 0.717) is 36.0 Å². The van der Waals surface area contributed by atoms with E-state index in [9.17, 15) is 5.11 Å². The Balaban J connectivity index is 1.70. The van der Waals surface area contributed by atoms with Crippen molar-refractivity contribution < 1.29 is 9.84 Å². The van der Waals surface area contributed by atoms with E-state index in [-0.39, 0.29) is 18.8 Å². The van der Waals surface area contributed by atoms with Gasteiger partial charge in [-0.2, -0.15) is 15.0 Å². The van der Waals surface area contributed by atoms with Gasteiger partial charge >= 0.3 is 0 Å². The highest BCUT2D eigenvalue weighted by Crippen LogP contribution is 2.16. The number of anilines is 3. The maximum Gasteiger partial charge on any atom is 0.229 e. The zero-order valence-corrected chi connectivity index (χ0v) is 16.7. The number of nitrogens with zero attached hydrogens (tertiary/aromatic N) is 3. The van der Waals surface area contributed by atoms with E-state index in [0.717, 1.165) is 31.4 Å². The molecule has 1 saturated heterocycles. The molecule has 28 heavy (non-hydrogen) atoms. The van der Waals surface area contributed by atoms with Crippen LogP contribution in [0.15, 0.2) is 24.3 Å². The van der Waals surface area contributed by atoms with Crippen molar-refractivity contribution in [3.05, 3.63) is 34.9 Å². The zero-order chi connectivity index (χ0) is 19.8. The summed E-state index contributed by atoms with van der Waals surface area (Å²) < 4.78 is 5.64. The third-order valence-electron chi connectivity index (χ3n) is 4.56. The van der Waals surface area contributed by atoms with Crippen molar-refractivity contribution in [1.29, 1.82) is 0 Å². The molecule has 0 amide bonds. The maximum absolute atomic E-state index is 9.46. The minimum absolute atomic E-state index is 0.00833. The topological polar surface area (TPSA) is 104 Å². The summed E-state index contributed by atoms with van der Waals surface area (Å²) in [6, 6.07) is 7.48.